The SMILES string of the molecule is C=C(C)C1CCC(C)(C)CC1OC1CCCO1. The lowest BCUT2D eigenvalue weighted by Crippen LogP contribution is -2.38. The van der Waals surface area contributed by atoms with E-state index in [1.165, 1.54) is 18.4 Å². The topological polar surface area (TPSA) is 18.5 Å². The zero-order chi connectivity index (χ0) is 12.5. The highest BCUT2D eigenvalue weighted by molar-refractivity contribution is 5.03. The number of hydrogen-bond acceptors (Lipinski definition) is 2. The van der Waals surface area contributed by atoms with Crippen molar-refractivity contribution in [3.63, 3.8) is 0 Å². The van der Waals surface area contributed by atoms with Crippen molar-refractivity contribution in [2.75, 3.05) is 6.61 Å². The van der Waals surface area contributed by atoms with Gasteiger partial charge in [-0.1, -0.05) is 26.0 Å². The third kappa shape index (κ3) is 3.32. The molecule has 17 heavy (non-hydrogen) atoms. The molecule has 0 amide bonds. The van der Waals surface area contributed by atoms with E-state index < -0.39 is 0 Å². The molecule has 2 nitrogen and oxygen atoms in total. The summed E-state index contributed by atoms with van der Waals surface area (Å²) in [6, 6.07) is 0. The standard InChI is InChI=1S/C15H26O2/c1-11(2)12-7-8-15(3,4)10-13(12)17-14-6-5-9-16-14/h12-14H,1,5-10H2,2-4H3. The first-order valence-corrected chi connectivity index (χ1v) is 6.90. The van der Waals surface area contributed by atoms with Crippen molar-refractivity contribution in [1.29, 1.82) is 0 Å². The first-order valence-electron chi connectivity index (χ1n) is 6.90. The van der Waals surface area contributed by atoms with Gasteiger partial charge in [0.2, 0.25) is 0 Å². The van der Waals surface area contributed by atoms with E-state index in [0.717, 1.165) is 25.9 Å². The van der Waals surface area contributed by atoms with Crippen LogP contribution >= 0.6 is 0 Å². The van der Waals surface area contributed by atoms with E-state index in [4.69, 9.17) is 9.47 Å². The van der Waals surface area contributed by atoms with Crippen molar-refractivity contribution in [2.45, 2.75) is 65.3 Å². The van der Waals surface area contributed by atoms with Crippen LogP contribution in [0.3, 0.4) is 0 Å². The fourth-order valence-electron chi connectivity index (χ4n) is 3.08. The molecule has 0 radical (unpaired) electrons. The molecule has 3 atom stereocenters. The van der Waals surface area contributed by atoms with Crippen LogP contribution < -0.4 is 0 Å². The maximum atomic E-state index is 6.18. The Bertz CT molecular complexity index is 277. The van der Waals surface area contributed by atoms with Gasteiger partial charge in [0.1, 0.15) is 0 Å². The number of hydrogen-bond donors (Lipinski definition) is 0. The largest absolute Gasteiger partial charge is 0.353 e. The molecule has 0 aromatic heterocycles. The lowest BCUT2D eigenvalue weighted by Gasteiger charge is -2.41. The van der Waals surface area contributed by atoms with Gasteiger partial charge in [-0.2, -0.15) is 0 Å². The lowest BCUT2D eigenvalue weighted by molar-refractivity contribution is -0.171. The third-order valence-electron chi connectivity index (χ3n) is 4.18. The fraction of sp³-hybridized carbons (Fsp3) is 0.867. The molecule has 3 unspecified atom stereocenters. The van der Waals surface area contributed by atoms with E-state index in [2.05, 4.69) is 27.4 Å². The van der Waals surface area contributed by atoms with Crippen molar-refractivity contribution >= 4 is 0 Å². The van der Waals surface area contributed by atoms with E-state index in [0.29, 0.717) is 17.4 Å². The maximum Gasteiger partial charge on any atom is 0.158 e. The van der Waals surface area contributed by atoms with Gasteiger partial charge in [0.15, 0.2) is 6.29 Å². The van der Waals surface area contributed by atoms with Gasteiger partial charge >= 0.3 is 0 Å². The van der Waals surface area contributed by atoms with Gasteiger partial charge in [-0.15, -0.1) is 0 Å². The Labute approximate surface area is 105 Å². The Balaban J connectivity index is 1.99. The van der Waals surface area contributed by atoms with Crippen LogP contribution in [0.25, 0.3) is 0 Å². The molecule has 1 aliphatic heterocycles. The summed E-state index contributed by atoms with van der Waals surface area (Å²) in [5.74, 6) is 0.521. The molecule has 0 spiro atoms. The second-order valence-electron chi connectivity index (χ2n) is 6.48. The minimum atomic E-state index is 0.0377. The van der Waals surface area contributed by atoms with Crippen LogP contribution in [0.5, 0.6) is 0 Å². The monoisotopic (exact) mass is 238 g/mol. The fourth-order valence-corrected chi connectivity index (χ4v) is 3.08. The van der Waals surface area contributed by atoms with Crippen molar-refractivity contribution in [3.05, 3.63) is 12.2 Å². The van der Waals surface area contributed by atoms with Crippen LogP contribution in [-0.2, 0) is 9.47 Å². The van der Waals surface area contributed by atoms with Gasteiger partial charge in [-0.05, 0) is 38.0 Å². The third-order valence-corrected chi connectivity index (χ3v) is 4.18. The summed E-state index contributed by atoms with van der Waals surface area (Å²) < 4.78 is 11.8. The molecular formula is C15H26O2. The van der Waals surface area contributed by atoms with E-state index in [1.54, 1.807) is 0 Å². The molecule has 1 saturated carbocycles. The van der Waals surface area contributed by atoms with Crippen LogP contribution in [0.1, 0.15) is 52.9 Å². The van der Waals surface area contributed by atoms with Gasteiger partial charge < -0.3 is 9.47 Å². The molecule has 0 aromatic rings. The smallest absolute Gasteiger partial charge is 0.158 e. The molecule has 2 heteroatoms. The molecule has 0 N–H and O–H groups in total. The molecule has 0 bridgehead atoms. The number of ether oxygens (including phenoxy) is 2. The van der Waals surface area contributed by atoms with Crippen molar-refractivity contribution in [2.24, 2.45) is 11.3 Å². The Morgan fingerprint density at radius 3 is 2.71 bits per heavy atom. The van der Waals surface area contributed by atoms with Crippen molar-refractivity contribution < 1.29 is 9.47 Å². The Hall–Kier alpha value is -0.340. The average molecular weight is 238 g/mol. The Morgan fingerprint density at radius 2 is 2.12 bits per heavy atom. The first kappa shape index (κ1) is 13.1. The maximum absolute atomic E-state index is 6.18. The average Bonchev–Trinajstić information content (AvgIpc) is 2.68. The zero-order valence-electron chi connectivity index (χ0n) is 11.5. The summed E-state index contributed by atoms with van der Waals surface area (Å²) in [5, 5.41) is 0. The van der Waals surface area contributed by atoms with E-state index in [9.17, 15) is 0 Å². The highest BCUT2D eigenvalue weighted by atomic mass is 16.7. The zero-order valence-corrected chi connectivity index (χ0v) is 11.5. The van der Waals surface area contributed by atoms with Crippen LogP contribution in [0.4, 0.5) is 0 Å². The summed E-state index contributed by atoms with van der Waals surface area (Å²) in [7, 11) is 0. The molecule has 98 valence electrons. The van der Waals surface area contributed by atoms with Crippen LogP contribution in [0.15, 0.2) is 12.2 Å². The molecular weight excluding hydrogens is 212 g/mol. The van der Waals surface area contributed by atoms with Gasteiger partial charge in [-0.25, -0.2) is 0 Å². The molecule has 1 saturated heterocycles. The van der Waals surface area contributed by atoms with Gasteiger partial charge in [0.05, 0.1) is 6.10 Å². The summed E-state index contributed by atoms with van der Waals surface area (Å²) in [6.45, 7) is 11.8. The molecule has 2 rings (SSSR count). The normalized spacial score (nSPS) is 37.0. The summed E-state index contributed by atoms with van der Waals surface area (Å²) in [4.78, 5) is 0. The minimum Gasteiger partial charge on any atom is -0.353 e. The minimum absolute atomic E-state index is 0.0377. The van der Waals surface area contributed by atoms with Crippen LogP contribution in [0.2, 0.25) is 0 Å². The second-order valence-corrected chi connectivity index (χ2v) is 6.48. The Morgan fingerprint density at radius 1 is 1.35 bits per heavy atom. The Kier molecular flexibility index (Phi) is 3.94. The van der Waals surface area contributed by atoms with Gasteiger partial charge in [0.25, 0.3) is 0 Å². The first-order chi connectivity index (χ1) is 7.98. The predicted molar refractivity (Wildman–Crippen MR) is 69.8 cm³/mol. The van der Waals surface area contributed by atoms with Gasteiger partial charge in [0, 0.05) is 18.9 Å². The molecule has 2 aliphatic rings. The molecule has 1 heterocycles. The van der Waals surface area contributed by atoms with Crippen LogP contribution in [0, 0.1) is 11.3 Å². The van der Waals surface area contributed by atoms with Gasteiger partial charge in [-0.3, -0.25) is 0 Å². The molecule has 2 fully saturated rings. The lowest BCUT2D eigenvalue weighted by atomic mass is 9.70. The summed E-state index contributed by atoms with van der Waals surface area (Å²) in [6.07, 6.45) is 6.15. The van der Waals surface area contributed by atoms with Crippen molar-refractivity contribution in [3.8, 4) is 0 Å². The van der Waals surface area contributed by atoms with E-state index >= 15 is 0 Å². The van der Waals surface area contributed by atoms with Crippen LogP contribution in [-0.4, -0.2) is 19.0 Å². The summed E-state index contributed by atoms with van der Waals surface area (Å²) in [5.41, 5.74) is 1.67. The quantitative estimate of drug-likeness (QED) is 0.694. The second kappa shape index (κ2) is 5.11. The molecule has 0 aromatic carbocycles. The molecule has 1 aliphatic carbocycles. The highest BCUT2D eigenvalue weighted by Gasteiger charge is 2.37. The van der Waals surface area contributed by atoms with E-state index in [-0.39, 0.29) is 6.29 Å². The summed E-state index contributed by atoms with van der Waals surface area (Å²) >= 11 is 0. The predicted octanol–water partition coefficient (Wildman–Crippen LogP) is 3.91. The van der Waals surface area contributed by atoms with E-state index in [1.807, 2.05) is 0 Å². The van der Waals surface area contributed by atoms with Crippen molar-refractivity contribution in [1.82, 2.24) is 0 Å². The highest BCUT2D eigenvalue weighted by Crippen LogP contribution is 2.42. The number of rotatable bonds is 3.